The average Bonchev–Trinajstić information content (AvgIpc) is 2.87. The molecule has 0 aliphatic heterocycles. The molecule has 4 nitrogen and oxygen atoms in total. The van der Waals surface area contributed by atoms with Gasteiger partial charge in [-0.2, -0.15) is 0 Å². The van der Waals surface area contributed by atoms with E-state index in [0.29, 0.717) is 0 Å². The molecule has 0 saturated carbocycles. The van der Waals surface area contributed by atoms with Crippen LogP contribution in [0.15, 0.2) is 23.6 Å². The number of aromatic nitrogens is 1. The van der Waals surface area contributed by atoms with Crippen molar-refractivity contribution in [3.05, 3.63) is 45.9 Å². The lowest BCUT2D eigenvalue weighted by molar-refractivity contribution is -0.115. The summed E-state index contributed by atoms with van der Waals surface area (Å²) < 4.78 is 26.8. The Morgan fingerprint density at radius 2 is 2.05 bits per heavy atom. The third-order valence-corrected chi connectivity index (χ3v) is 3.95. The van der Waals surface area contributed by atoms with Gasteiger partial charge in [0.2, 0.25) is 5.91 Å². The average molecular weight is 311 g/mol. The zero-order valence-corrected chi connectivity index (χ0v) is 12.4. The van der Waals surface area contributed by atoms with Crippen molar-refractivity contribution in [2.24, 2.45) is 0 Å². The maximum Gasteiger partial charge on any atom is 0.238 e. The third kappa shape index (κ3) is 4.05. The lowest BCUT2D eigenvalue weighted by atomic mass is 10.3. The van der Waals surface area contributed by atoms with Gasteiger partial charge in [-0.3, -0.25) is 10.1 Å². The number of hydrogen-bond acceptors (Lipinski definition) is 4. The number of para-hydroxylation sites is 1. The smallest absolute Gasteiger partial charge is 0.238 e. The van der Waals surface area contributed by atoms with Crippen LogP contribution < -0.4 is 10.6 Å². The molecule has 1 unspecified atom stereocenters. The van der Waals surface area contributed by atoms with Crippen LogP contribution in [0.5, 0.6) is 0 Å². The van der Waals surface area contributed by atoms with Gasteiger partial charge in [0.1, 0.15) is 22.3 Å². The Balaban J connectivity index is 1.90. The van der Waals surface area contributed by atoms with Gasteiger partial charge in [0, 0.05) is 11.1 Å². The van der Waals surface area contributed by atoms with Gasteiger partial charge < -0.3 is 5.32 Å². The molecule has 1 heterocycles. The molecule has 1 aromatic heterocycles. The second-order valence-corrected chi connectivity index (χ2v) is 5.46. The summed E-state index contributed by atoms with van der Waals surface area (Å²) in [5.41, 5.74) is 0.489. The van der Waals surface area contributed by atoms with Gasteiger partial charge in [-0.05, 0) is 26.0 Å². The summed E-state index contributed by atoms with van der Waals surface area (Å²) in [7, 11) is 0. The maximum absolute atomic E-state index is 13.4. The van der Waals surface area contributed by atoms with Gasteiger partial charge in [0.25, 0.3) is 0 Å². The number of carbonyl (C=O) groups excluding carboxylic acids is 1. The van der Waals surface area contributed by atoms with Crippen molar-refractivity contribution in [3.8, 4) is 0 Å². The van der Waals surface area contributed by atoms with E-state index < -0.39 is 23.2 Å². The van der Waals surface area contributed by atoms with Gasteiger partial charge >= 0.3 is 0 Å². The number of nitrogens with one attached hydrogen (secondary N) is 2. The van der Waals surface area contributed by atoms with Crippen LogP contribution in [0.3, 0.4) is 0 Å². The summed E-state index contributed by atoms with van der Waals surface area (Å²) in [5, 5.41) is 7.96. The highest BCUT2D eigenvalue weighted by Crippen LogP contribution is 2.19. The van der Waals surface area contributed by atoms with E-state index in [0.717, 1.165) is 22.8 Å². The lowest BCUT2D eigenvalue weighted by Crippen LogP contribution is -2.30. The number of halogens is 2. The maximum atomic E-state index is 13.4. The zero-order chi connectivity index (χ0) is 15.4. The molecular formula is C14H15F2N3OS. The first-order valence-electron chi connectivity index (χ1n) is 6.36. The van der Waals surface area contributed by atoms with E-state index in [1.54, 1.807) is 0 Å². The summed E-state index contributed by atoms with van der Waals surface area (Å²) in [5.74, 6) is -2.11. The molecule has 112 valence electrons. The predicted molar refractivity (Wildman–Crippen MR) is 78.3 cm³/mol. The molecule has 2 aromatic rings. The minimum atomic E-state index is -0.799. The van der Waals surface area contributed by atoms with Crippen LogP contribution in [0.1, 0.15) is 23.7 Å². The summed E-state index contributed by atoms with van der Waals surface area (Å²) in [4.78, 5) is 16.0. The molecule has 2 N–H and O–H groups in total. The van der Waals surface area contributed by atoms with E-state index in [2.05, 4.69) is 15.6 Å². The molecule has 1 amide bonds. The van der Waals surface area contributed by atoms with Gasteiger partial charge in [-0.25, -0.2) is 13.8 Å². The van der Waals surface area contributed by atoms with Crippen LogP contribution in [0.25, 0.3) is 0 Å². The third-order valence-electron chi connectivity index (χ3n) is 2.80. The highest BCUT2D eigenvalue weighted by molar-refractivity contribution is 7.09. The SMILES string of the molecule is Cc1csc(C(C)NCC(=O)Nc2c(F)cccc2F)n1. The van der Waals surface area contributed by atoms with Crippen LogP contribution in [0.2, 0.25) is 0 Å². The Morgan fingerprint density at radius 1 is 1.38 bits per heavy atom. The highest BCUT2D eigenvalue weighted by Gasteiger charge is 2.14. The number of benzene rings is 1. The standard InChI is InChI=1S/C14H15F2N3OS/c1-8-7-21-14(18-8)9(2)17-6-12(20)19-13-10(15)4-3-5-11(13)16/h3-5,7,9,17H,6H2,1-2H3,(H,19,20). The normalized spacial score (nSPS) is 12.2. The van der Waals surface area contributed by atoms with E-state index >= 15 is 0 Å². The molecule has 7 heteroatoms. The number of carbonyl (C=O) groups is 1. The van der Waals surface area contributed by atoms with Crippen molar-refractivity contribution in [3.63, 3.8) is 0 Å². The number of thiazole rings is 1. The fourth-order valence-electron chi connectivity index (χ4n) is 1.71. The molecule has 0 aliphatic rings. The Bertz CT molecular complexity index is 625. The number of hydrogen-bond donors (Lipinski definition) is 2. The second kappa shape index (κ2) is 6.73. The van der Waals surface area contributed by atoms with E-state index in [1.807, 2.05) is 19.2 Å². The van der Waals surface area contributed by atoms with Crippen molar-refractivity contribution in [1.82, 2.24) is 10.3 Å². The lowest BCUT2D eigenvalue weighted by Gasteiger charge is -2.12. The molecule has 1 atom stereocenters. The molecule has 0 spiro atoms. The second-order valence-electron chi connectivity index (χ2n) is 4.57. The Hall–Kier alpha value is -1.86. The molecular weight excluding hydrogens is 296 g/mol. The molecule has 21 heavy (non-hydrogen) atoms. The van der Waals surface area contributed by atoms with Gasteiger partial charge in [0.15, 0.2) is 0 Å². The number of anilines is 1. The topological polar surface area (TPSA) is 54.0 Å². The van der Waals surface area contributed by atoms with Crippen LogP contribution in [-0.2, 0) is 4.79 Å². The highest BCUT2D eigenvalue weighted by atomic mass is 32.1. The quantitative estimate of drug-likeness (QED) is 0.892. The van der Waals surface area contributed by atoms with Crippen molar-refractivity contribution >= 4 is 22.9 Å². The summed E-state index contributed by atoms with van der Waals surface area (Å²) in [6.07, 6.45) is 0. The molecule has 0 fully saturated rings. The van der Waals surface area contributed by atoms with Crippen molar-refractivity contribution < 1.29 is 13.6 Å². The summed E-state index contributed by atoms with van der Waals surface area (Å²) >= 11 is 1.49. The number of rotatable bonds is 5. The molecule has 0 aliphatic carbocycles. The van der Waals surface area contributed by atoms with E-state index in [-0.39, 0.29) is 12.6 Å². The van der Waals surface area contributed by atoms with Gasteiger partial charge in [0.05, 0.1) is 12.6 Å². The minimum Gasteiger partial charge on any atom is -0.320 e. The van der Waals surface area contributed by atoms with Crippen molar-refractivity contribution in [1.29, 1.82) is 0 Å². The first-order valence-corrected chi connectivity index (χ1v) is 7.24. The fourth-order valence-corrected chi connectivity index (χ4v) is 2.53. The number of nitrogens with zero attached hydrogens (tertiary/aromatic N) is 1. The summed E-state index contributed by atoms with van der Waals surface area (Å²) in [6, 6.07) is 3.31. The van der Waals surface area contributed by atoms with Crippen LogP contribution in [0, 0.1) is 18.6 Å². The monoisotopic (exact) mass is 311 g/mol. The number of aryl methyl sites for hydroxylation is 1. The zero-order valence-electron chi connectivity index (χ0n) is 11.6. The van der Waals surface area contributed by atoms with Crippen molar-refractivity contribution in [2.45, 2.75) is 19.9 Å². The van der Waals surface area contributed by atoms with E-state index in [9.17, 15) is 13.6 Å². The molecule has 2 rings (SSSR count). The van der Waals surface area contributed by atoms with Crippen LogP contribution in [-0.4, -0.2) is 17.4 Å². The first-order chi connectivity index (χ1) is 9.97. The Kier molecular flexibility index (Phi) is 4.98. The predicted octanol–water partition coefficient (Wildman–Crippen LogP) is 3.02. The summed E-state index contributed by atoms with van der Waals surface area (Å²) in [6.45, 7) is 3.70. The Morgan fingerprint density at radius 3 is 2.62 bits per heavy atom. The molecule has 1 aromatic carbocycles. The van der Waals surface area contributed by atoms with Crippen molar-refractivity contribution in [2.75, 3.05) is 11.9 Å². The van der Waals surface area contributed by atoms with Gasteiger partial charge in [-0.1, -0.05) is 6.07 Å². The molecule has 0 bridgehead atoms. The van der Waals surface area contributed by atoms with Crippen LogP contribution in [0.4, 0.5) is 14.5 Å². The largest absolute Gasteiger partial charge is 0.320 e. The fraction of sp³-hybridized carbons (Fsp3) is 0.286. The Labute approximate surface area is 125 Å². The minimum absolute atomic E-state index is 0.0619. The van der Waals surface area contributed by atoms with Gasteiger partial charge in [-0.15, -0.1) is 11.3 Å². The molecule has 0 radical (unpaired) electrons. The number of amides is 1. The van der Waals surface area contributed by atoms with E-state index in [4.69, 9.17) is 0 Å². The first kappa shape index (κ1) is 15.5. The van der Waals surface area contributed by atoms with Crippen LogP contribution >= 0.6 is 11.3 Å². The van der Waals surface area contributed by atoms with E-state index in [1.165, 1.54) is 17.4 Å². The molecule has 0 saturated heterocycles.